The van der Waals surface area contributed by atoms with Crippen LogP contribution in [0.25, 0.3) is 5.57 Å². The van der Waals surface area contributed by atoms with Gasteiger partial charge in [0.25, 0.3) is 0 Å². The smallest absolute Gasteiger partial charge is 0.308 e. The Morgan fingerprint density at radius 3 is 2.39 bits per heavy atom. The summed E-state index contributed by atoms with van der Waals surface area (Å²) >= 11 is 0. The van der Waals surface area contributed by atoms with Crippen molar-refractivity contribution in [3.05, 3.63) is 88.8 Å². The average Bonchev–Trinajstić information content (AvgIpc) is 2.94. The van der Waals surface area contributed by atoms with Gasteiger partial charge in [-0.1, -0.05) is 62.4 Å². The molecule has 0 fully saturated rings. The lowest BCUT2D eigenvalue weighted by molar-refractivity contribution is -0.157. The predicted octanol–water partition coefficient (Wildman–Crippen LogP) is 6.25. The zero-order valence-corrected chi connectivity index (χ0v) is 22.0. The van der Waals surface area contributed by atoms with Crippen LogP contribution in [0, 0.1) is 17.7 Å². The highest BCUT2D eigenvalue weighted by atomic mass is 19.1. The molecule has 2 aromatic rings. The van der Waals surface area contributed by atoms with E-state index >= 15 is 0 Å². The van der Waals surface area contributed by atoms with Crippen molar-refractivity contribution in [1.29, 1.82) is 0 Å². The molecule has 36 heavy (non-hydrogen) atoms. The lowest BCUT2D eigenvalue weighted by Gasteiger charge is -2.21. The van der Waals surface area contributed by atoms with Crippen LogP contribution in [0.4, 0.5) is 4.39 Å². The minimum absolute atomic E-state index is 0.0269. The number of benzene rings is 2. The summed E-state index contributed by atoms with van der Waals surface area (Å²) < 4.78 is 19.0. The lowest BCUT2D eigenvalue weighted by atomic mass is 9.85. The van der Waals surface area contributed by atoms with Gasteiger partial charge in [0.1, 0.15) is 11.4 Å². The van der Waals surface area contributed by atoms with Gasteiger partial charge in [-0.15, -0.1) is 0 Å². The van der Waals surface area contributed by atoms with Crippen LogP contribution >= 0.6 is 0 Å². The van der Waals surface area contributed by atoms with Crippen molar-refractivity contribution >= 4 is 11.5 Å². The first-order valence-electron chi connectivity index (χ1n) is 12.8. The minimum atomic E-state index is -1.01. The summed E-state index contributed by atoms with van der Waals surface area (Å²) in [6, 6.07) is 14.9. The zero-order valence-electron chi connectivity index (χ0n) is 22.0. The molecule has 3 rings (SSSR count). The summed E-state index contributed by atoms with van der Waals surface area (Å²) in [7, 11) is 0. The Balaban J connectivity index is 1.91. The highest BCUT2D eigenvalue weighted by Crippen LogP contribution is 2.39. The van der Waals surface area contributed by atoms with E-state index in [1.54, 1.807) is 39.0 Å². The molecule has 0 bridgehead atoms. The fourth-order valence-corrected chi connectivity index (χ4v) is 4.68. The van der Waals surface area contributed by atoms with Crippen molar-refractivity contribution in [3.63, 3.8) is 0 Å². The number of ether oxygens (including phenoxy) is 1. The predicted molar refractivity (Wildman–Crippen MR) is 142 cm³/mol. The maximum Gasteiger partial charge on any atom is 0.308 e. The molecule has 0 aromatic heterocycles. The molecule has 4 nitrogen and oxygen atoms in total. The Kier molecular flexibility index (Phi) is 9.26. The fraction of sp³-hybridized carbons (Fsp3) is 0.452. The first-order valence-corrected chi connectivity index (χ1v) is 12.8. The normalized spacial score (nSPS) is 18.2. The van der Waals surface area contributed by atoms with Gasteiger partial charge in [-0.05, 0) is 85.4 Å². The number of aliphatic hydroxyl groups is 2. The molecule has 0 amide bonds. The highest BCUT2D eigenvalue weighted by molar-refractivity contribution is 5.85. The molecule has 194 valence electrons. The second kappa shape index (κ2) is 12.0. The molecule has 1 aliphatic rings. The lowest BCUT2D eigenvalue weighted by Crippen LogP contribution is -2.27. The number of allylic oxidation sites excluding steroid dienone is 2. The van der Waals surface area contributed by atoms with Gasteiger partial charge in [0.15, 0.2) is 0 Å². The second-order valence-corrected chi connectivity index (χ2v) is 11.1. The van der Waals surface area contributed by atoms with Crippen LogP contribution < -0.4 is 0 Å². The molecule has 3 atom stereocenters. The maximum atomic E-state index is 13.7. The Morgan fingerprint density at radius 2 is 1.75 bits per heavy atom. The summed E-state index contributed by atoms with van der Waals surface area (Å²) in [6.07, 6.45) is 3.27. The number of rotatable bonds is 8. The van der Waals surface area contributed by atoms with E-state index in [1.807, 2.05) is 12.1 Å². The Hall–Kier alpha value is -2.76. The minimum Gasteiger partial charge on any atom is -0.460 e. The third-order valence-electron chi connectivity index (χ3n) is 6.50. The topological polar surface area (TPSA) is 66.8 Å². The van der Waals surface area contributed by atoms with Crippen molar-refractivity contribution in [2.45, 2.75) is 78.1 Å². The van der Waals surface area contributed by atoms with E-state index < -0.39 is 23.8 Å². The number of carbonyl (C=O) groups is 1. The number of aliphatic hydroxyl groups excluding tert-OH is 2. The Morgan fingerprint density at radius 1 is 1.08 bits per heavy atom. The van der Waals surface area contributed by atoms with Gasteiger partial charge < -0.3 is 14.9 Å². The Labute approximate surface area is 214 Å². The largest absolute Gasteiger partial charge is 0.460 e. The van der Waals surface area contributed by atoms with Gasteiger partial charge in [0.05, 0.1) is 18.6 Å². The van der Waals surface area contributed by atoms with Gasteiger partial charge >= 0.3 is 5.97 Å². The average molecular weight is 495 g/mol. The molecule has 2 N–H and O–H groups in total. The summed E-state index contributed by atoms with van der Waals surface area (Å²) in [6.45, 7) is 9.77. The molecule has 1 aliphatic carbocycles. The first-order chi connectivity index (χ1) is 16.9. The van der Waals surface area contributed by atoms with Crippen LogP contribution in [0.2, 0.25) is 0 Å². The van der Waals surface area contributed by atoms with Crippen LogP contribution in [0.5, 0.6) is 0 Å². The van der Waals surface area contributed by atoms with Gasteiger partial charge in [0.2, 0.25) is 0 Å². The van der Waals surface area contributed by atoms with Crippen LogP contribution in [0.3, 0.4) is 0 Å². The monoisotopic (exact) mass is 494 g/mol. The molecule has 5 heteroatoms. The van der Waals surface area contributed by atoms with Gasteiger partial charge in [-0.25, -0.2) is 4.39 Å². The summed E-state index contributed by atoms with van der Waals surface area (Å²) in [5, 5.41) is 21.0. The SMILES string of the molecule is CC(C)C1CC(/C=C/[C@@H](O)C[C@@H](O)CC(=O)OC(C)(C)C)=C(c2ccc(F)cc2)c2ccccc2C1. The number of esters is 1. The zero-order chi connectivity index (χ0) is 26.5. The molecule has 0 aliphatic heterocycles. The maximum absolute atomic E-state index is 13.7. The molecule has 0 heterocycles. The first kappa shape index (κ1) is 27.8. The molecule has 2 aromatic carbocycles. The van der Waals surface area contributed by atoms with E-state index in [2.05, 4.69) is 32.0 Å². The van der Waals surface area contributed by atoms with Crippen LogP contribution in [0.1, 0.15) is 70.6 Å². The van der Waals surface area contributed by atoms with E-state index in [9.17, 15) is 19.4 Å². The van der Waals surface area contributed by atoms with Crippen molar-refractivity contribution in [2.75, 3.05) is 0 Å². The summed E-state index contributed by atoms with van der Waals surface area (Å²) in [4.78, 5) is 12.0. The van der Waals surface area contributed by atoms with E-state index in [4.69, 9.17) is 4.74 Å². The molecular formula is C31H39FO4. The molecular weight excluding hydrogens is 455 g/mol. The quantitative estimate of drug-likeness (QED) is 0.426. The standard InChI is InChI=1S/C31H39FO4/c1-20(2)24-16-22-8-6-7-9-28(22)30(21-10-13-25(32)14-11-21)23(17-24)12-15-26(33)18-27(34)19-29(35)36-31(3,4)5/h6-15,20,24,26-27,33-34H,16-19H2,1-5H3/b15-12+/t24?,26-,27-/m1/s1. The van der Waals surface area contributed by atoms with Crippen molar-refractivity contribution in [3.8, 4) is 0 Å². The van der Waals surface area contributed by atoms with E-state index in [0.717, 1.165) is 35.1 Å². The number of hydrogen-bond donors (Lipinski definition) is 2. The summed E-state index contributed by atoms with van der Waals surface area (Å²) in [5.41, 5.74) is 4.77. The van der Waals surface area contributed by atoms with Gasteiger partial charge in [-0.3, -0.25) is 4.79 Å². The van der Waals surface area contributed by atoms with Crippen LogP contribution in [-0.4, -0.2) is 34.0 Å². The van der Waals surface area contributed by atoms with Gasteiger partial charge in [0, 0.05) is 6.42 Å². The van der Waals surface area contributed by atoms with Crippen molar-refractivity contribution < 1.29 is 24.1 Å². The molecule has 1 unspecified atom stereocenters. The van der Waals surface area contributed by atoms with Gasteiger partial charge in [-0.2, -0.15) is 0 Å². The fourth-order valence-electron chi connectivity index (χ4n) is 4.68. The number of hydrogen-bond acceptors (Lipinski definition) is 4. The van der Waals surface area contributed by atoms with Crippen LogP contribution in [0.15, 0.2) is 66.3 Å². The van der Waals surface area contributed by atoms with E-state index in [1.165, 1.54) is 17.7 Å². The summed E-state index contributed by atoms with van der Waals surface area (Å²) in [5.74, 6) is 0.0775. The van der Waals surface area contributed by atoms with E-state index in [-0.39, 0.29) is 18.7 Å². The van der Waals surface area contributed by atoms with Crippen molar-refractivity contribution in [1.82, 2.24) is 0 Å². The molecule has 0 saturated carbocycles. The second-order valence-electron chi connectivity index (χ2n) is 11.1. The third kappa shape index (κ3) is 7.87. The molecule has 0 saturated heterocycles. The molecule has 0 radical (unpaired) electrons. The number of halogens is 1. The van der Waals surface area contributed by atoms with E-state index in [0.29, 0.717) is 11.8 Å². The number of fused-ring (bicyclic) bond motifs is 1. The Bertz CT molecular complexity index is 1090. The number of carbonyl (C=O) groups excluding carboxylic acids is 1. The van der Waals surface area contributed by atoms with Crippen molar-refractivity contribution in [2.24, 2.45) is 11.8 Å². The third-order valence-corrected chi connectivity index (χ3v) is 6.50. The van der Waals surface area contributed by atoms with Crippen LogP contribution in [-0.2, 0) is 16.0 Å². The highest BCUT2D eigenvalue weighted by Gasteiger charge is 2.25. The molecule has 0 spiro atoms.